The van der Waals surface area contributed by atoms with Gasteiger partial charge in [-0.2, -0.15) is 4.98 Å². The molecule has 1 atom stereocenters. The normalized spacial score (nSPS) is 17.4. The Morgan fingerprint density at radius 1 is 1.44 bits per heavy atom. The van der Waals surface area contributed by atoms with Gasteiger partial charge in [0.1, 0.15) is 5.82 Å². The van der Waals surface area contributed by atoms with Crippen molar-refractivity contribution in [2.24, 2.45) is 5.92 Å². The first kappa shape index (κ1) is 17.2. The highest BCUT2D eigenvalue weighted by atomic mass is 16.5. The minimum absolute atomic E-state index is 0.112. The number of carbonyl (C=O) groups excluding carboxylic acids is 1. The number of carbonyl (C=O) groups is 1. The van der Waals surface area contributed by atoms with Gasteiger partial charge in [-0.1, -0.05) is 5.16 Å². The molecule has 2 amide bonds. The molecule has 2 aromatic heterocycles. The third kappa shape index (κ3) is 4.46. The first-order valence-electron chi connectivity index (χ1n) is 8.50. The van der Waals surface area contributed by atoms with Crippen molar-refractivity contribution in [3.8, 4) is 0 Å². The average molecular weight is 344 g/mol. The van der Waals surface area contributed by atoms with Crippen LogP contribution in [-0.2, 0) is 6.42 Å². The summed E-state index contributed by atoms with van der Waals surface area (Å²) < 4.78 is 5.02. The van der Waals surface area contributed by atoms with E-state index < -0.39 is 0 Å². The zero-order valence-corrected chi connectivity index (χ0v) is 14.9. The molecule has 0 aliphatic carbocycles. The number of anilines is 2. The fourth-order valence-corrected chi connectivity index (χ4v) is 3.01. The predicted molar refractivity (Wildman–Crippen MR) is 94.6 cm³/mol. The van der Waals surface area contributed by atoms with Crippen molar-refractivity contribution in [1.29, 1.82) is 0 Å². The van der Waals surface area contributed by atoms with Crippen LogP contribution in [0.2, 0.25) is 0 Å². The van der Waals surface area contributed by atoms with Crippen LogP contribution < -0.4 is 10.2 Å². The van der Waals surface area contributed by atoms with Crippen molar-refractivity contribution in [1.82, 2.24) is 20.0 Å². The number of amides is 2. The van der Waals surface area contributed by atoms with E-state index in [1.807, 2.05) is 36.0 Å². The lowest BCUT2D eigenvalue weighted by Gasteiger charge is -2.32. The summed E-state index contributed by atoms with van der Waals surface area (Å²) in [5.74, 6) is 2.20. The molecule has 0 radical (unpaired) electrons. The maximum atomic E-state index is 12.5. The van der Waals surface area contributed by atoms with Gasteiger partial charge in [0.15, 0.2) is 5.82 Å². The predicted octanol–water partition coefficient (Wildman–Crippen LogP) is 2.33. The molecule has 0 aromatic carbocycles. The van der Waals surface area contributed by atoms with Gasteiger partial charge in [0, 0.05) is 40.5 Å². The van der Waals surface area contributed by atoms with Crippen LogP contribution in [0, 0.1) is 12.8 Å². The molecule has 0 spiro atoms. The Morgan fingerprint density at radius 2 is 2.28 bits per heavy atom. The molecule has 8 nitrogen and oxygen atoms in total. The molecule has 1 fully saturated rings. The molecule has 25 heavy (non-hydrogen) atoms. The van der Waals surface area contributed by atoms with Crippen molar-refractivity contribution in [3.05, 3.63) is 30.0 Å². The van der Waals surface area contributed by atoms with E-state index in [4.69, 9.17) is 4.52 Å². The van der Waals surface area contributed by atoms with E-state index >= 15 is 0 Å². The summed E-state index contributed by atoms with van der Waals surface area (Å²) in [7, 11) is 3.91. The first-order valence-corrected chi connectivity index (χ1v) is 8.50. The van der Waals surface area contributed by atoms with Gasteiger partial charge >= 0.3 is 6.03 Å². The summed E-state index contributed by atoms with van der Waals surface area (Å²) in [6.07, 6.45) is 4.51. The van der Waals surface area contributed by atoms with Crippen LogP contribution in [0.15, 0.2) is 22.9 Å². The topological polar surface area (TPSA) is 87.4 Å². The summed E-state index contributed by atoms with van der Waals surface area (Å²) >= 11 is 0. The second kappa shape index (κ2) is 7.50. The smallest absolute Gasteiger partial charge is 0.323 e. The molecule has 2 aromatic rings. The highest BCUT2D eigenvalue weighted by molar-refractivity contribution is 5.88. The molecule has 1 aliphatic heterocycles. The van der Waals surface area contributed by atoms with Crippen LogP contribution in [0.1, 0.15) is 24.6 Å². The standard InChI is InChI=1S/C17H24N6O2/c1-12-19-16(21-25-12)9-13-5-4-8-23(11-13)17(24)20-15-7-6-14(10-18-15)22(2)3/h6-7,10,13H,4-5,8-9,11H2,1-3H3,(H,18,20,24). The minimum atomic E-state index is -0.112. The van der Waals surface area contributed by atoms with Crippen molar-refractivity contribution >= 4 is 17.5 Å². The molecule has 0 saturated carbocycles. The number of aromatic nitrogens is 3. The molecule has 1 N–H and O–H groups in total. The van der Waals surface area contributed by atoms with E-state index in [9.17, 15) is 4.79 Å². The third-order valence-electron chi connectivity index (χ3n) is 4.35. The monoisotopic (exact) mass is 344 g/mol. The highest BCUT2D eigenvalue weighted by Crippen LogP contribution is 2.21. The minimum Gasteiger partial charge on any atom is -0.376 e. The maximum absolute atomic E-state index is 12.5. The number of aryl methyl sites for hydroxylation is 1. The van der Waals surface area contributed by atoms with E-state index in [1.54, 1.807) is 13.1 Å². The number of likely N-dealkylation sites (tertiary alicyclic amines) is 1. The zero-order valence-electron chi connectivity index (χ0n) is 14.9. The molecule has 8 heteroatoms. The summed E-state index contributed by atoms with van der Waals surface area (Å²) in [6.45, 7) is 3.23. The second-order valence-corrected chi connectivity index (χ2v) is 6.61. The van der Waals surface area contributed by atoms with Crippen LogP contribution in [0.5, 0.6) is 0 Å². The number of urea groups is 1. The number of rotatable bonds is 4. The molecular weight excluding hydrogens is 320 g/mol. The Morgan fingerprint density at radius 3 is 2.92 bits per heavy atom. The summed E-state index contributed by atoms with van der Waals surface area (Å²) in [5, 5.41) is 6.82. The number of piperidine rings is 1. The van der Waals surface area contributed by atoms with Crippen LogP contribution in [-0.4, -0.2) is 53.2 Å². The first-order chi connectivity index (χ1) is 12.0. The fourth-order valence-electron chi connectivity index (χ4n) is 3.01. The van der Waals surface area contributed by atoms with E-state index in [1.165, 1.54) is 0 Å². The Kier molecular flexibility index (Phi) is 5.16. The molecule has 1 saturated heterocycles. The summed E-state index contributed by atoms with van der Waals surface area (Å²) in [6, 6.07) is 3.64. The van der Waals surface area contributed by atoms with Gasteiger partial charge in [0.05, 0.1) is 11.9 Å². The van der Waals surface area contributed by atoms with E-state index in [-0.39, 0.29) is 6.03 Å². The number of nitrogens with zero attached hydrogens (tertiary/aromatic N) is 5. The Hall–Kier alpha value is -2.64. The van der Waals surface area contributed by atoms with E-state index in [0.29, 0.717) is 30.0 Å². The maximum Gasteiger partial charge on any atom is 0.323 e. The van der Waals surface area contributed by atoms with Gasteiger partial charge in [0.2, 0.25) is 5.89 Å². The van der Waals surface area contributed by atoms with Gasteiger partial charge < -0.3 is 14.3 Å². The summed E-state index contributed by atoms with van der Waals surface area (Å²) in [5.41, 5.74) is 0.992. The quantitative estimate of drug-likeness (QED) is 0.916. The molecule has 1 aliphatic rings. The van der Waals surface area contributed by atoms with E-state index in [0.717, 1.165) is 31.5 Å². The summed E-state index contributed by atoms with van der Waals surface area (Å²) in [4.78, 5) is 24.9. The molecule has 134 valence electrons. The lowest BCUT2D eigenvalue weighted by molar-refractivity contribution is 0.176. The molecule has 1 unspecified atom stereocenters. The number of nitrogens with one attached hydrogen (secondary N) is 1. The molecule has 3 rings (SSSR count). The molecule has 0 bridgehead atoms. The van der Waals surface area contributed by atoms with Crippen molar-refractivity contribution in [3.63, 3.8) is 0 Å². The number of hydrogen-bond donors (Lipinski definition) is 1. The van der Waals surface area contributed by atoms with Gasteiger partial charge in [0.25, 0.3) is 0 Å². The van der Waals surface area contributed by atoms with Crippen molar-refractivity contribution < 1.29 is 9.32 Å². The Labute approximate surface area is 147 Å². The Bertz CT molecular complexity index is 712. The van der Waals surface area contributed by atoms with E-state index in [2.05, 4.69) is 20.4 Å². The van der Waals surface area contributed by atoms with Crippen LogP contribution in [0.4, 0.5) is 16.3 Å². The lowest BCUT2D eigenvalue weighted by atomic mass is 9.95. The molecule has 3 heterocycles. The van der Waals surface area contributed by atoms with Gasteiger partial charge in [-0.3, -0.25) is 5.32 Å². The average Bonchev–Trinajstić information content (AvgIpc) is 3.00. The lowest BCUT2D eigenvalue weighted by Crippen LogP contribution is -2.43. The SMILES string of the molecule is Cc1nc(CC2CCCN(C(=O)Nc3ccc(N(C)C)cn3)C2)no1. The zero-order chi connectivity index (χ0) is 17.8. The van der Waals surface area contributed by atoms with Crippen LogP contribution >= 0.6 is 0 Å². The van der Waals surface area contributed by atoms with Crippen molar-refractivity contribution in [2.45, 2.75) is 26.2 Å². The van der Waals surface area contributed by atoms with Crippen LogP contribution in [0.25, 0.3) is 0 Å². The highest BCUT2D eigenvalue weighted by Gasteiger charge is 2.25. The largest absolute Gasteiger partial charge is 0.376 e. The van der Waals surface area contributed by atoms with Crippen LogP contribution in [0.3, 0.4) is 0 Å². The van der Waals surface area contributed by atoms with Gasteiger partial charge in [-0.15, -0.1) is 0 Å². The van der Waals surface area contributed by atoms with Gasteiger partial charge in [-0.05, 0) is 30.9 Å². The van der Waals surface area contributed by atoms with Gasteiger partial charge in [-0.25, -0.2) is 9.78 Å². The third-order valence-corrected chi connectivity index (χ3v) is 4.35. The van der Waals surface area contributed by atoms with Crippen molar-refractivity contribution in [2.75, 3.05) is 37.4 Å². The Balaban J connectivity index is 1.56. The number of pyridine rings is 1. The molecular formula is C17H24N6O2. The second-order valence-electron chi connectivity index (χ2n) is 6.61. The number of hydrogen-bond acceptors (Lipinski definition) is 6. The fraction of sp³-hybridized carbons (Fsp3) is 0.529.